The Morgan fingerprint density at radius 2 is 1.96 bits per heavy atom. The molecular weight excluding hydrogens is 366 g/mol. The maximum absolute atomic E-state index is 4.68. The van der Waals surface area contributed by atoms with E-state index in [1.54, 1.807) is 11.3 Å². The summed E-state index contributed by atoms with van der Waals surface area (Å²) in [4.78, 5) is 16.1. The zero-order valence-corrected chi connectivity index (χ0v) is 16.3. The first kappa shape index (κ1) is 17.3. The average Bonchev–Trinajstić information content (AvgIpc) is 3.42. The fraction of sp³-hybridized carbons (Fsp3) is 0.227. The minimum absolute atomic E-state index is 0.618. The second-order valence-electron chi connectivity index (χ2n) is 7.11. The summed E-state index contributed by atoms with van der Waals surface area (Å²) in [5.41, 5.74) is 4.36. The van der Waals surface area contributed by atoms with Gasteiger partial charge in [0, 0.05) is 41.0 Å². The molecule has 0 amide bonds. The van der Waals surface area contributed by atoms with E-state index in [1.807, 2.05) is 23.8 Å². The van der Waals surface area contributed by atoms with Gasteiger partial charge in [-0.25, -0.2) is 15.0 Å². The monoisotopic (exact) mass is 387 g/mol. The number of nitrogens with one attached hydrogen (secondary N) is 1. The van der Waals surface area contributed by atoms with Crippen molar-refractivity contribution in [3.8, 4) is 10.6 Å². The Hall–Kier alpha value is -2.83. The third-order valence-electron chi connectivity index (χ3n) is 5.05. The molecule has 4 aromatic rings. The molecule has 0 bridgehead atoms. The number of likely N-dealkylation sites (tertiary alicyclic amines) is 1. The topological polar surface area (TPSA) is 53.9 Å². The maximum atomic E-state index is 4.68. The third kappa shape index (κ3) is 3.74. The molecule has 2 aromatic heterocycles. The number of anilines is 2. The maximum Gasteiger partial charge on any atom is 0.227 e. The van der Waals surface area contributed by atoms with Crippen molar-refractivity contribution < 1.29 is 0 Å². The molecular formula is C22H21N5S. The summed E-state index contributed by atoms with van der Waals surface area (Å²) in [7, 11) is 0. The smallest absolute Gasteiger partial charge is 0.227 e. The minimum Gasteiger partial charge on any atom is -0.324 e. The third-order valence-corrected chi connectivity index (χ3v) is 5.87. The van der Waals surface area contributed by atoms with E-state index in [1.165, 1.54) is 31.5 Å². The van der Waals surface area contributed by atoms with Crippen LogP contribution in [0, 0.1) is 0 Å². The summed E-state index contributed by atoms with van der Waals surface area (Å²) < 4.78 is 0. The van der Waals surface area contributed by atoms with Crippen LogP contribution in [0.2, 0.25) is 0 Å². The van der Waals surface area contributed by atoms with Crippen LogP contribution in [0.25, 0.3) is 21.5 Å². The van der Waals surface area contributed by atoms with Crippen molar-refractivity contribution in [3.63, 3.8) is 0 Å². The number of fused-ring (bicyclic) bond motifs is 1. The first-order valence-corrected chi connectivity index (χ1v) is 10.5. The van der Waals surface area contributed by atoms with Gasteiger partial charge < -0.3 is 5.32 Å². The fourth-order valence-corrected chi connectivity index (χ4v) is 4.30. The van der Waals surface area contributed by atoms with Gasteiger partial charge in [0.15, 0.2) is 0 Å². The molecule has 0 aliphatic carbocycles. The summed E-state index contributed by atoms with van der Waals surface area (Å²) >= 11 is 1.63. The van der Waals surface area contributed by atoms with E-state index in [2.05, 4.69) is 61.6 Å². The molecule has 1 saturated heterocycles. The van der Waals surface area contributed by atoms with Crippen LogP contribution in [-0.4, -0.2) is 32.9 Å². The highest BCUT2D eigenvalue weighted by Crippen LogP contribution is 2.26. The SMILES string of the molecule is c1cc(CN2CCCC2)cc(Nc2ncc3cc(-c4nccs4)ccc3n2)c1. The Morgan fingerprint density at radius 1 is 1.04 bits per heavy atom. The number of nitrogens with zero attached hydrogens (tertiary/aromatic N) is 4. The van der Waals surface area contributed by atoms with Crippen molar-refractivity contribution in [2.24, 2.45) is 0 Å². The lowest BCUT2D eigenvalue weighted by Gasteiger charge is -2.15. The zero-order chi connectivity index (χ0) is 18.8. The second-order valence-corrected chi connectivity index (χ2v) is 8.01. The Morgan fingerprint density at radius 3 is 2.82 bits per heavy atom. The van der Waals surface area contributed by atoms with Gasteiger partial charge in [-0.1, -0.05) is 12.1 Å². The highest BCUT2D eigenvalue weighted by molar-refractivity contribution is 7.13. The van der Waals surface area contributed by atoms with Gasteiger partial charge in [0.2, 0.25) is 5.95 Å². The Balaban J connectivity index is 1.35. The van der Waals surface area contributed by atoms with E-state index in [0.29, 0.717) is 5.95 Å². The zero-order valence-electron chi connectivity index (χ0n) is 15.5. The Kier molecular flexibility index (Phi) is 4.72. The standard InChI is InChI=1S/C22H21N5S/c1-2-10-27(9-1)15-16-4-3-5-19(12-16)25-22-24-14-18-13-17(6-7-20(18)26-22)21-23-8-11-28-21/h3-8,11-14H,1-2,9-10,15H2,(H,24,25,26). The molecule has 1 N–H and O–H groups in total. The molecule has 0 saturated carbocycles. The van der Waals surface area contributed by atoms with E-state index in [-0.39, 0.29) is 0 Å². The summed E-state index contributed by atoms with van der Waals surface area (Å²) in [5.74, 6) is 0.618. The molecule has 0 unspecified atom stereocenters. The van der Waals surface area contributed by atoms with Crippen LogP contribution in [0.15, 0.2) is 60.2 Å². The number of hydrogen-bond donors (Lipinski definition) is 1. The molecule has 6 heteroatoms. The molecule has 0 atom stereocenters. The quantitative estimate of drug-likeness (QED) is 0.517. The van der Waals surface area contributed by atoms with E-state index < -0.39 is 0 Å². The van der Waals surface area contributed by atoms with Crippen LogP contribution >= 0.6 is 11.3 Å². The highest BCUT2D eigenvalue weighted by atomic mass is 32.1. The van der Waals surface area contributed by atoms with Crippen LogP contribution in [0.3, 0.4) is 0 Å². The van der Waals surface area contributed by atoms with Crippen LogP contribution in [0.5, 0.6) is 0 Å². The lowest BCUT2D eigenvalue weighted by Crippen LogP contribution is -2.18. The Labute approximate surface area is 168 Å². The Bertz CT molecular complexity index is 1090. The summed E-state index contributed by atoms with van der Waals surface area (Å²) in [6.07, 6.45) is 6.32. The van der Waals surface area contributed by atoms with Crippen LogP contribution < -0.4 is 5.32 Å². The molecule has 5 nitrogen and oxygen atoms in total. The lowest BCUT2D eigenvalue weighted by atomic mass is 10.1. The molecule has 1 aliphatic heterocycles. The molecule has 1 fully saturated rings. The second kappa shape index (κ2) is 7.66. The minimum atomic E-state index is 0.618. The van der Waals surface area contributed by atoms with Gasteiger partial charge in [-0.15, -0.1) is 11.3 Å². The number of hydrogen-bond acceptors (Lipinski definition) is 6. The van der Waals surface area contributed by atoms with Gasteiger partial charge in [0.25, 0.3) is 0 Å². The lowest BCUT2D eigenvalue weighted by molar-refractivity contribution is 0.331. The van der Waals surface area contributed by atoms with Gasteiger partial charge in [-0.05, 0) is 61.8 Å². The summed E-state index contributed by atoms with van der Waals surface area (Å²) in [6, 6.07) is 14.7. The number of aromatic nitrogens is 3. The number of benzene rings is 2. The molecule has 140 valence electrons. The van der Waals surface area contributed by atoms with Gasteiger partial charge in [0.1, 0.15) is 5.01 Å². The largest absolute Gasteiger partial charge is 0.324 e. The van der Waals surface area contributed by atoms with E-state index >= 15 is 0 Å². The summed E-state index contributed by atoms with van der Waals surface area (Å²) in [5, 5.41) is 7.37. The van der Waals surface area contributed by atoms with Crippen molar-refractivity contribution in [3.05, 3.63) is 65.8 Å². The van der Waals surface area contributed by atoms with Crippen molar-refractivity contribution in [1.29, 1.82) is 0 Å². The first-order chi connectivity index (χ1) is 13.8. The van der Waals surface area contributed by atoms with Crippen LogP contribution in [0.4, 0.5) is 11.6 Å². The highest BCUT2D eigenvalue weighted by Gasteiger charge is 2.12. The number of rotatable bonds is 5. The molecule has 2 aromatic carbocycles. The normalized spacial score (nSPS) is 14.6. The molecule has 5 rings (SSSR count). The van der Waals surface area contributed by atoms with Crippen LogP contribution in [-0.2, 0) is 6.54 Å². The molecule has 0 radical (unpaired) electrons. The average molecular weight is 388 g/mol. The number of thiazole rings is 1. The molecule has 0 spiro atoms. The first-order valence-electron chi connectivity index (χ1n) is 9.58. The predicted molar refractivity (Wildman–Crippen MR) is 115 cm³/mol. The van der Waals surface area contributed by atoms with Gasteiger partial charge in [0.05, 0.1) is 5.52 Å². The fourth-order valence-electron chi connectivity index (χ4n) is 3.67. The van der Waals surface area contributed by atoms with E-state index in [9.17, 15) is 0 Å². The predicted octanol–water partition coefficient (Wildman–Crippen LogP) is 5.09. The molecule has 1 aliphatic rings. The van der Waals surface area contributed by atoms with Crippen molar-refractivity contribution in [2.75, 3.05) is 18.4 Å². The van der Waals surface area contributed by atoms with Crippen LogP contribution in [0.1, 0.15) is 18.4 Å². The molecule has 28 heavy (non-hydrogen) atoms. The van der Waals surface area contributed by atoms with Gasteiger partial charge in [-0.3, -0.25) is 4.90 Å². The van der Waals surface area contributed by atoms with Gasteiger partial charge in [-0.2, -0.15) is 0 Å². The van der Waals surface area contributed by atoms with Crippen molar-refractivity contribution in [2.45, 2.75) is 19.4 Å². The van der Waals surface area contributed by atoms with Crippen molar-refractivity contribution in [1.82, 2.24) is 19.9 Å². The van der Waals surface area contributed by atoms with Crippen molar-refractivity contribution >= 4 is 33.9 Å². The molecule has 3 heterocycles. The van der Waals surface area contributed by atoms with E-state index in [0.717, 1.165) is 33.7 Å². The van der Waals surface area contributed by atoms with Gasteiger partial charge >= 0.3 is 0 Å². The summed E-state index contributed by atoms with van der Waals surface area (Å²) in [6.45, 7) is 3.41. The van der Waals surface area contributed by atoms with E-state index in [4.69, 9.17) is 0 Å².